The quantitative estimate of drug-likeness (QED) is 0.666. The Morgan fingerprint density at radius 2 is 2.06 bits per heavy atom. The van der Waals surface area contributed by atoms with Crippen LogP contribution in [0.2, 0.25) is 0 Å². The largest absolute Gasteiger partial charge is 0.487 e. The van der Waals surface area contributed by atoms with Gasteiger partial charge in [-0.1, -0.05) is 0 Å². The number of fused-ring (bicyclic) bond motifs is 1. The first-order valence-corrected chi connectivity index (χ1v) is 5.83. The van der Waals surface area contributed by atoms with E-state index in [2.05, 4.69) is 11.9 Å². The van der Waals surface area contributed by atoms with Gasteiger partial charge in [-0.15, -0.1) is 0 Å². The summed E-state index contributed by atoms with van der Waals surface area (Å²) in [6.45, 7) is 2.13. The van der Waals surface area contributed by atoms with Gasteiger partial charge in [0.2, 0.25) is 0 Å². The fourth-order valence-electron chi connectivity index (χ4n) is 2.71. The molecule has 1 aromatic rings. The molecule has 16 heavy (non-hydrogen) atoms. The number of nitrogens with zero attached hydrogens (tertiary/aromatic N) is 1. The first kappa shape index (κ1) is 10.1. The second-order valence-electron chi connectivity index (χ2n) is 5.02. The van der Waals surface area contributed by atoms with Crippen molar-refractivity contribution in [2.45, 2.75) is 24.9 Å². The number of halogens is 1. The summed E-state index contributed by atoms with van der Waals surface area (Å²) in [5.41, 5.74) is 0.979. The Labute approximate surface area is 95.0 Å². The number of ether oxygens (including phenoxy) is 1. The fraction of sp³-hybridized carbons (Fsp3) is 0.538. The van der Waals surface area contributed by atoms with Crippen molar-refractivity contribution in [2.75, 3.05) is 20.1 Å². The number of likely N-dealkylation sites (tertiary alicyclic amines) is 1. The predicted octanol–water partition coefficient (Wildman–Crippen LogP) is 2.23. The second-order valence-corrected chi connectivity index (χ2v) is 5.02. The normalized spacial score (nSPS) is 23.1. The molecule has 2 heterocycles. The van der Waals surface area contributed by atoms with E-state index in [9.17, 15) is 4.39 Å². The van der Waals surface area contributed by atoms with Crippen LogP contribution in [0.4, 0.5) is 4.39 Å². The van der Waals surface area contributed by atoms with Crippen molar-refractivity contribution in [3.63, 3.8) is 0 Å². The minimum Gasteiger partial charge on any atom is -0.487 e. The molecule has 0 N–H and O–H groups in total. The van der Waals surface area contributed by atoms with Crippen LogP contribution in [-0.2, 0) is 6.42 Å². The predicted molar refractivity (Wildman–Crippen MR) is 60.2 cm³/mol. The van der Waals surface area contributed by atoms with E-state index in [1.165, 1.54) is 6.07 Å². The van der Waals surface area contributed by atoms with Gasteiger partial charge in [0.15, 0.2) is 0 Å². The Kier molecular flexibility index (Phi) is 2.18. The average molecular weight is 221 g/mol. The summed E-state index contributed by atoms with van der Waals surface area (Å²) in [7, 11) is 2.13. The summed E-state index contributed by atoms with van der Waals surface area (Å²) in [5, 5.41) is 0. The van der Waals surface area contributed by atoms with Crippen LogP contribution in [0.3, 0.4) is 0 Å². The second kappa shape index (κ2) is 3.45. The van der Waals surface area contributed by atoms with Gasteiger partial charge in [-0.3, -0.25) is 0 Å². The van der Waals surface area contributed by atoms with E-state index < -0.39 is 0 Å². The Hall–Kier alpha value is -1.09. The van der Waals surface area contributed by atoms with Gasteiger partial charge in [0.05, 0.1) is 0 Å². The van der Waals surface area contributed by atoms with E-state index in [1.807, 2.05) is 0 Å². The van der Waals surface area contributed by atoms with E-state index in [-0.39, 0.29) is 11.4 Å². The minimum atomic E-state index is -0.160. The SMILES string of the molecule is CN1CCC2(CC1)Cc1cc(F)ccc1O2. The highest BCUT2D eigenvalue weighted by Gasteiger charge is 2.41. The third-order valence-corrected chi connectivity index (χ3v) is 3.76. The number of hydrogen-bond donors (Lipinski definition) is 0. The van der Waals surface area contributed by atoms with Gasteiger partial charge in [0.25, 0.3) is 0 Å². The van der Waals surface area contributed by atoms with Crippen LogP contribution in [0.25, 0.3) is 0 Å². The monoisotopic (exact) mass is 221 g/mol. The minimum absolute atomic E-state index is 0.0529. The Morgan fingerprint density at radius 3 is 2.81 bits per heavy atom. The Balaban J connectivity index is 1.84. The smallest absolute Gasteiger partial charge is 0.123 e. The van der Waals surface area contributed by atoms with E-state index in [1.54, 1.807) is 12.1 Å². The number of piperidine rings is 1. The maximum Gasteiger partial charge on any atom is 0.123 e. The highest BCUT2D eigenvalue weighted by molar-refractivity contribution is 5.39. The molecule has 0 bridgehead atoms. The van der Waals surface area contributed by atoms with Gasteiger partial charge >= 0.3 is 0 Å². The molecule has 2 nitrogen and oxygen atoms in total. The highest BCUT2D eigenvalue weighted by atomic mass is 19.1. The molecule has 0 saturated carbocycles. The lowest BCUT2D eigenvalue weighted by Crippen LogP contribution is -2.45. The zero-order valence-electron chi connectivity index (χ0n) is 9.50. The zero-order valence-corrected chi connectivity index (χ0v) is 9.50. The van der Waals surface area contributed by atoms with Crippen molar-refractivity contribution in [1.29, 1.82) is 0 Å². The van der Waals surface area contributed by atoms with E-state index in [4.69, 9.17) is 4.74 Å². The number of rotatable bonds is 0. The Bertz CT molecular complexity index is 410. The van der Waals surface area contributed by atoms with Crippen molar-refractivity contribution in [3.05, 3.63) is 29.6 Å². The van der Waals surface area contributed by atoms with Crippen LogP contribution in [0.5, 0.6) is 5.75 Å². The summed E-state index contributed by atoms with van der Waals surface area (Å²) in [5.74, 6) is 0.721. The zero-order chi connectivity index (χ0) is 11.2. The topological polar surface area (TPSA) is 12.5 Å². The van der Waals surface area contributed by atoms with Gasteiger partial charge in [-0.2, -0.15) is 0 Å². The number of benzene rings is 1. The van der Waals surface area contributed by atoms with Crippen molar-refractivity contribution in [1.82, 2.24) is 4.90 Å². The van der Waals surface area contributed by atoms with E-state index >= 15 is 0 Å². The summed E-state index contributed by atoms with van der Waals surface area (Å²) < 4.78 is 19.2. The molecule has 0 aliphatic carbocycles. The van der Waals surface area contributed by atoms with Crippen molar-refractivity contribution in [2.24, 2.45) is 0 Å². The van der Waals surface area contributed by atoms with Crippen LogP contribution in [0, 0.1) is 5.82 Å². The standard InChI is InChI=1S/C13H16FNO/c1-15-6-4-13(5-7-15)9-10-8-11(14)2-3-12(10)16-13/h2-3,8H,4-7,9H2,1H3. The third-order valence-electron chi connectivity index (χ3n) is 3.76. The van der Waals surface area contributed by atoms with Gasteiger partial charge < -0.3 is 9.64 Å². The molecule has 1 fully saturated rings. The van der Waals surface area contributed by atoms with Crippen molar-refractivity contribution < 1.29 is 9.13 Å². The summed E-state index contributed by atoms with van der Waals surface area (Å²) in [4.78, 5) is 2.32. The van der Waals surface area contributed by atoms with Gasteiger partial charge in [-0.05, 0) is 25.2 Å². The number of hydrogen-bond acceptors (Lipinski definition) is 2. The van der Waals surface area contributed by atoms with Crippen LogP contribution in [-0.4, -0.2) is 30.6 Å². The van der Waals surface area contributed by atoms with Gasteiger partial charge in [0, 0.05) is 37.9 Å². The molecular formula is C13H16FNO. The molecule has 3 heteroatoms. The summed E-state index contributed by atoms with van der Waals surface area (Å²) in [6, 6.07) is 4.85. The lowest BCUT2D eigenvalue weighted by atomic mass is 9.87. The summed E-state index contributed by atoms with van der Waals surface area (Å²) in [6.07, 6.45) is 2.95. The first-order chi connectivity index (χ1) is 7.67. The fourth-order valence-corrected chi connectivity index (χ4v) is 2.71. The average Bonchev–Trinajstić information content (AvgIpc) is 2.60. The lowest BCUT2D eigenvalue weighted by Gasteiger charge is -2.37. The molecule has 0 radical (unpaired) electrons. The molecule has 0 atom stereocenters. The third kappa shape index (κ3) is 1.59. The Morgan fingerprint density at radius 1 is 1.31 bits per heavy atom. The maximum absolute atomic E-state index is 13.1. The van der Waals surface area contributed by atoms with E-state index in [0.717, 1.165) is 43.7 Å². The lowest BCUT2D eigenvalue weighted by molar-refractivity contribution is 0.0271. The van der Waals surface area contributed by atoms with Crippen molar-refractivity contribution >= 4 is 0 Å². The molecule has 0 unspecified atom stereocenters. The van der Waals surface area contributed by atoms with Crippen molar-refractivity contribution in [3.8, 4) is 5.75 Å². The van der Waals surface area contributed by atoms with Gasteiger partial charge in [-0.25, -0.2) is 4.39 Å². The maximum atomic E-state index is 13.1. The summed E-state index contributed by atoms with van der Waals surface area (Å²) >= 11 is 0. The van der Waals surface area contributed by atoms with E-state index in [0.29, 0.717) is 0 Å². The highest BCUT2D eigenvalue weighted by Crippen LogP contribution is 2.40. The molecule has 2 aliphatic heterocycles. The van der Waals surface area contributed by atoms with Crippen LogP contribution in [0.15, 0.2) is 18.2 Å². The van der Waals surface area contributed by atoms with Crippen LogP contribution >= 0.6 is 0 Å². The molecular weight excluding hydrogens is 205 g/mol. The molecule has 0 amide bonds. The van der Waals surface area contributed by atoms with Crippen LogP contribution < -0.4 is 4.74 Å². The molecule has 3 rings (SSSR count). The molecule has 1 saturated heterocycles. The molecule has 0 aromatic heterocycles. The molecule has 2 aliphatic rings. The molecule has 86 valence electrons. The first-order valence-electron chi connectivity index (χ1n) is 5.83. The van der Waals surface area contributed by atoms with Gasteiger partial charge in [0.1, 0.15) is 17.2 Å². The van der Waals surface area contributed by atoms with Crippen LogP contribution in [0.1, 0.15) is 18.4 Å². The molecule has 1 aromatic carbocycles. The molecule has 1 spiro atoms.